The Kier molecular flexibility index (Phi) is 9.97. The van der Waals surface area contributed by atoms with Gasteiger partial charge in [0.15, 0.2) is 10.1 Å². The molecular weight excluding hydrogens is 409 g/mol. The zero-order chi connectivity index (χ0) is 20.2. The van der Waals surface area contributed by atoms with Crippen molar-refractivity contribution in [1.29, 1.82) is 0 Å². The lowest BCUT2D eigenvalue weighted by molar-refractivity contribution is -0.283. The maximum atomic E-state index is 13.2. The first-order chi connectivity index (χ1) is 11.0. The minimum absolute atomic E-state index is 0. The number of hydrogen-bond donors (Lipinski definition) is 1. The van der Waals surface area contributed by atoms with Crippen LogP contribution >= 0.6 is 0 Å². The number of quaternary nitrogens is 1. The quantitative estimate of drug-likeness (QED) is 0.269. The van der Waals surface area contributed by atoms with E-state index in [1.165, 1.54) is 0 Å². The summed E-state index contributed by atoms with van der Waals surface area (Å²) in [7, 11) is -7.01. The highest BCUT2D eigenvalue weighted by Gasteiger charge is 2.74. The van der Waals surface area contributed by atoms with Gasteiger partial charge in [-0.15, -0.1) is 0 Å². The van der Waals surface area contributed by atoms with Gasteiger partial charge in [-0.25, -0.2) is 8.42 Å². The minimum Gasteiger partial charge on any atom is -0.743 e. The Balaban J connectivity index is 0. The molecule has 0 bridgehead atoms. The van der Waals surface area contributed by atoms with Gasteiger partial charge < -0.3 is 10.7 Å². The van der Waals surface area contributed by atoms with E-state index in [2.05, 4.69) is 0 Å². The fraction of sp³-hybridized carbons (Fsp3) is 1.00. The molecule has 0 aliphatic rings. The molecule has 4 nitrogen and oxygen atoms in total. The Hall–Kier alpha value is -0.760. The first-order valence-electron chi connectivity index (χ1n) is 7.11. The van der Waals surface area contributed by atoms with Crippen LogP contribution in [0.2, 0.25) is 0 Å². The molecule has 0 amide bonds. The van der Waals surface area contributed by atoms with Gasteiger partial charge in [0.05, 0.1) is 0 Å². The van der Waals surface area contributed by atoms with Crippen LogP contribution in [-0.2, 0) is 10.1 Å². The van der Waals surface area contributed by atoms with Crippen molar-refractivity contribution >= 4 is 10.1 Å². The van der Waals surface area contributed by atoms with Crippen LogP contribution in [0.3, 0.4) is 0 Å². The first kappa shape index (κ1) is 27.5. The van der Waals surface area contributed by atoms with Gasteiger partial charge in [-0.1, -0.05) is 25.7 Å². The van der Waals surface area contributed by atoms with Crippen molar-refractivity contribution in [2.75, 3.05) is 0 Å². The van der Waals surface area contributed by atoms with Crippen LogP contribution in [0.1, 0.15) is 51.4 Å². The van der Waals surface area contributed by atoms with E-state index < -0.39 is 52.7 Å². The Morgan fingerprint density at radius 3 is 1.35 bits per heavy atom. The van der Waals surface area contributed by atoms with Gasteiger partial charge in [0.1, 0.15) is 0 Å². The molecule has 0 atom stereocenters. The summed E-state index contributed by atoms with van der Waals surface area (Å²) in [6.45, 7) is 0. The van der Waals surface area contributed by atoms with E-state index in [1.54, 1.807) is 0 Å². The van der Waals surface area contributed by atoms with Crippen LogP contribution in [0.5, 0.6) is 0 Å². The van der Waals surface area contributed by atoms with Crippen molar-refractivity contribution in [3.05, 3.63) is 0 Å². The van der Waals surface area contributed by atoms with Gasteiger partial charge in [-0.2, -0.15) is 39.5 Å². The maximum absolute atomic E-state index is 13.2. The van der Waals surface area contributed by atoms with E-state index in [4.69, 9.17) is 0 Å². The topological polar surface area (TPSA) is 93.7 Å². The number of hydrogen-bond acceptors (Lipinski definition) is 3. The molecule has 0 aromatic carbocycles. The lowest BCUT2D eigenvalue weighted by atomic mass is 10.0. The van der Waals surface area contributed by atoms with E-state index >= 15 is 0 Å². The Labute approximate surface area is 144 Å². The minimum atomic E-state index is -7.01. The molecule has 14 heteroatoms. The predicted molar refractivity (Wildman–Crippen MR) is 73.5 cm³/mol. The van der Waals surface area contributed by atoms with Crippen LogP contribution in [-0.4, -0.2) is 36.2 Å². The summed E-state index contributed by atoms with van der Waals surface area (Å²) in [6, 6.07) is 0. The SMILES string of the molecule is O=S(=O)([O-])C(F)(F)C(F)(F)C(F)(F)CCCCCCCCC(F)(F)F.[NH4+]. The smallest absolute Gasteiger partial charge is 0.402 e. The third kappa shape index (κ3) is 7.47. The zero-order valence-electron chi connectivity index (χ0n) is 13.7. The van der Waals surface area contributed by atoms with Gasteiger partial charge in [0.2, 0.25) is 0 Å². The van der Waals surface area contributed by atoms with E-state index in [1.807, 2.05) is 0 Å². The molecule has 4 N–H and O–H groups in total. The number of alkyl halides is 9. The molecule has 0 rings (SSSR count). The third-order valence-corrected chi connectivity index (χ3v) is 4.22. The Morgan fingerprint density at radius 1 is 0.654 bits per heavy atom. The fourth-order valence-electron chi connectivity index (χ4n) is 1.91. The second kappa shape index (κ2) is 9.44. The fourth-order valence-corrected chi connectivity index (χ4v) is 2.37. The van der Waals surface area contributed by atoms with Gasteiger partial charge in [0.25, 0.3) is 0 Å². The van der Waals surface area contributed by atoms with E-state index in [0.717, 1.165) is 0 Å². The monoisotopic (exact) mass is 429 g/mol. The van der Waals surface area contributed by atoms with Crippen molar-refractivity contribution in [1.82, 2.24) is 6.15 Å². The summed E-state index contributed by atoms with van der Waals surface area (Å²) in [4.78, 5) is 0. The molecule has 0 heterocycles. The highest BCUT2D eigenvalue weighted by molar-refractivity contribution is 7.86. The van der Waals surface area contributed by atoms with E-state index in [0.29, 0.717) is 0 Å². The average molecular weight is 429 g/mol. The Morgan fingerprint density at radius 2 is 1.00 bits per heavy atom. The van der Waals surface area contributed by atoms with E-state index in [-0.39, 0.29) is 38.3 Å². The summed E-state index contributed by atoms with van der Waals surface area (Å²) < 4.78 is 144. The van der Waals surface area contributed by atoms with Crippen LogP contribution in [0.4, 0.5) is 39.5 Å². The van der Waals surface area contributed by atoms with Crippen molar-refractivity contribution in [2.45, 2.75) is 74.6 Å². The second-order valence-electron chi connectivity index (χ2n) is 5.49. The maximum Gasteiger partial charge on any atom is 0.402 e. The molecule has 0 radical (unpaired) electrons. The van der Waals surface area contributed by atoms with Gasteiger partial charge in [0, 0.05) is 12.8 Å². The van der Waals surface area contributed by atoms with Crippen LogP contribution in [0, 0.1) is 0 Å². The van der Waals surface area contributed by atoms with Crippen molar-refractivity contribution in [3.8, 4) is 0 Å². The average Bonchev–Trinajstić information content (AvgIpc) is 2.38. The van der Waals surface area contributed by atoms with E-state index in [9.17, 15) is 52.5 Å². The molecule has 0 unspecified atom stereocenters. The number of unbranched alkanes of at least 4 members (excludes halogenated alkanes) is 5. The molecule has 0 aromatic heterocycles. The third-order valence-electron chi connectivity index (χ3n) is 3.34. The lowest BCUT2D eigenvalue weighted by Gasteiger charge is -2.33. The largest absolute Gasteiger partial charge is 0.743 e. The van der Waals surface area contributed by atoms with Crippen molar-refractivity contribution in [2.24, 2.45) is 0 Å². The van der Waals surface area contributed by atoms with Gasteiger partial charge in [-0.05, 0) is 12.8 Å². The highest BCUT2D eigenvalue weighted by Crippen LogP contribution is 2.50. The molecule has 0 aromatic rings. The molecule has 160 valence electrons. The lowest BCUT2D eigenvalue weighted by Crippen LogP contribution is -2.57. The van der Waals surface area contributed by atoms with Crippen LogP contribution < -0.4 is 6.15 Å². The van der Waals surface area contributed by atoms with Crippen LogP contribution in [0.25, 0.3) is 0 Å². The molecular formula is C12H20F9NO3S. The van der Waals surface area contributed by atoms with Crippen LogP contribution in [0.15, 0.2) is 0 Å². The first-order valence-corrected chi connectivity index (χ1v) is 8.52. The molecule has 0 aliphatic heterocycles. The predicted octanol–water partition coefficient (Wildman–Crippen LogP) is 5.45. The van der Waals surface area contributed by atoms with Gasteiger partial charge >= 0.3 is 23.3 Å². The summed E-state index contributed by atoms with van der Waals surface area (Å²) >= 11 is 0. The molecule has 0 aliphatic carbocycles. The molecule has 0 spiro atoms. The summed E-state index contributed by atoms with van der Waals surface area (Å²) in [5.74, 6) is -11.8. The number of halogens is 9. The van der Waals surface area contributed by atoms with Crippen molar-refractivity contribution < 1.29 is 52.5 Å². The standard InChI is InChI=1S/C12H17F9O3S.H3N/c13-9(14,11(18,19)12(20,21)25(22,23)24)7-5-3-1-2-4-6-8-10(15,16)17;/h1-8H2,(H,22,23,24);1H3. The summed E-state index contributed by atoms with van der Waals surface area (Å²) in [5, 5.41) is -6.47. The highest BCUT2D eigenvalue weighted by atomic mass is 32.2. The zero-order valence-corrected chi connectivity index (χ0v) is 14.5. The number of rotatable bonds is 11. The Bertz CT molecular complexity index is 521. The molecule has 0 saturated heterocycles. The summed E-state index contributed by atoms with van der Waals surface area (Å²) in [5.41, 5.74) is 0. The van der Waals surface area contributed by atoms with Crippen molar-refractivity contribution in [3.63, 3.8) is 0 Å². The van der Waals surface area contributed by atoms with Gasteiger partial charge in [-0.3, -0.25) is 0 Å². The summed E-state index contributed by atoms with van der Waals surface area (Å²) in [6.07, 6.45) is -7.75. The normalized spacial score (nSPS) is 14.2. The molecule has 0 fully saturated rings. The molecule has 0 saturated carbocycles. The molecule has 26 heavy (non-hydrogen) atoms. The second-order valence-corrected chi connectivity index (χ2v) is 6.91.